The molecule has 0 saturated carbocycles. The van der Waals surface area contributed by atoms with Crippen LogP contribution in [0.4, 0.5) is 5.82 Å². The van der Waals surface area contributed by atoms with E-state index in [0.717, 1.165) is 0 Å². The third-order valence-corrected chi connectivity index (χ3v) is 1.46. The number of carbonyl (C=O) groups is 1. The van der Waals surface area contributed by atoms with Gasteiger partial charge in [-0.15, -0.1) is 0 Å². The van der Waals surface area contributed by atoms with Crippen molar-refractivity contribution in [2.45, 2.75) is 13.0 Å². The van der Waals surface area contributed by atoms with Crippen LogP contribution in [0.2, 0.25) is 0 Å². The number of hydrazine groups is 1. The Kier molecular flexibility index (Phi) is 3.19. The fourth-order valence-corrected chi connectivity index (χ4v) is 0.684. The van der Waals surface area contributed by atoms with Crippen LogP contribution in [-0.2, 0) is 4.79 Å². The maximum Gasteiger partial charge on any atom is 0.346 e. The third kappa shape index (κ3) is 2.87. The van der Waals surface area contributed by atoms with Gasteiger partial charge in [-0.3, -0.25) is 4.79 Å². The Morgan fingerprint density at radius 2 is 2.43 bits per heavy atom. The average Bonchev–Trinajstić information content (AvgIpc) is 2.14. The molecule has 0 spiro atoms. The fourth-order valence-electron chi connectivity index (χ4n) is 0.684. The van der Waals surface area contributed by atoms with Crippen LogP contribution in [0.15, 0.2) is 17.1 Å². The molecular formula is C7H10N4O3. The molecule has 0 aromatic carbocycles. The summed E-state index contributed by atoms with van der Waals surface area (Å²) < 4.78 is 0. The summed E-state index contributed by atoms with van der Waals surface area (Å²) in [5, 5.41) is 8.52. The van der Waals surface area contributed by atoms with Crippen LogP contribution >= 0.6 is 0 Å². The van der Waals surface area contributed by atoms with Crippen molar-refractivity contribution in [3.05, 3.63) is 22.7 Å². The van der Waals surface area contributed by atoms with Gasteiger partial charge in [-0.1, -0.05) is 0 Å². The number of nitrogens with zero attached hydrogens (tertiary/aromatic N) is 1. The van der Waals surface area contributed by atoms with Gasteiger partial charge in [0.15, 0.2) is 0 Å². The van der Waals surface area contributed by atoms with Crippen molar-refractivity contribution in [2.75, 3.05) is 5.43 Å². The molecule has 0 saturated heterocycles. The van der Waals surface area contributed by atoms with Gasteiger partial charge in [-0.25, -0.2) is 10.2 Å². The predicted octanol–water partition coefficient (Wildman–Crippen LogP) is -0.841. The Morgan fingerprint density at radius 3 is 3.00 bits per heavy atom. The molecule has 0 unspecified atom stereocenters. The molecule has 1 aromatic rings. The van der Waals surface area contributed by atoms with Crippen LogP contribution in [0.5, 0.6) is 0 Å². The summed E-state index contributed by atoms with van der Waals surface area (Å²) in [6.45, 7) is 1.46. The number of hydrogen-bond donors (Lipinski definition) is 4. The molecule has 7 nitrogen and oxygen atoms in total. The van der Waals surface area contributed by atoms with Crippen molar-refractivity contribution < 1.29 is 9.90 Å². The minimum atomic E-state index is -0.998. The zero-order chi connectivity index (χ0) is 10.6. The second-order valence-electron chi connectivity index (χ2n) is 2.61. The molecule has 0 aliphatic rings. The van der Waals surface area contributed by atoms with Crippen molar-refractivity contribution in [1.82, 2.24) is 15.4 Å². The van der Waals surface area contributed by atoms with E-state index in [0.29, 0.717) is 0 Å². The normalized spacial score (nSPS) is 12.1. The molecule has 0 radical (unpaired) electrons. The van der Waals surface area contributed by atoms with E-state index in [1.165, 1.54) is 19.2 Å². The van der Waals surface area contributed by atoms with E-state index >= 15 is 0 Å². The summed E-state index contributed by atoms with van der Waals surface area (Å²) in [6.07, 6.45) is 1.41. The van der Waals surface area contributed by atoms with Crippen molar-refractivity contribution in [2.24, 2.45) is 0 Å². The number of aromatic amines is 1. The lowest BCUT2D eigenvalue weighted by Crippen LogP contribution is -2.38. The van der Waals surface area contributed by atoms with Gasteiger partial charge < -0.3 is 15.5 Å². The number of nitrogens with one attached hydrogen (secondary N) is 3. The van der Waals surface area contributed by atoms with E-state index in [1.54, 1.807) is 0 Å². The maximum atomic E-state index is 10.7. The number of H-pyrrole nitrogens is 1. The minimum absolute atomic E-state index is 0.266. The molecule has 14 heavy (non-hydrogen) atoms. The molecule has 76 valence electrons. The second-order valence-corrected chi connectivity index (χ2v) is 2.61. The van der Waals surface area contributed by atoms with Crippen LogP contribution in [0.3, 0.4) is 0 Å². The van der Waals surface area contributed by atoms with Crippen LogP contribution in [0.25, 0.3) is 0 Å². The smallest absolute Gasteiger partial charge is 0.346 e. The molecular weight excluding hydrogens is 188 g/mol. The van der Waals surface area contributed by atoms with Crippen molar-refractivity contribution >= 4 is 11.8 Å². The zero-order valence-corrected chi connectivity index (χ0v) is 7.44. The molecule has 7 heteroatoms. The first-order valence-electron chi connectivity index (χ1n) is 3.89. The highest BCUT2D eigenvalue weighted by atomic mass is 16.4. The average molecular weight is 198 g/mol. The highest BCUT2D eigenvalue weighted by Crippen LogP contribution is 1.93. The SMILES string of the molecule is C[C@H](NNc1cc[nH]c(=O)n1)C(=O)O. The van der Waals surface area contributed by atoms with E-state index in [9.17, 15) is 9.59 Å². The summed E-state index contributed by atoms with van der Waals surface area (Å²) in [4.78, 5) is 27.0. The van der Waals surface area contributed by atoms with E-state index in [2.05, 4.69) is 20.8 Å². The highest BCUT2D eigenvalue weighted by molar-refractivity contribution is 5.73. The number of rotatable bonds is 4. The van der Waals surface area contributed by atoms with Crippen LogP contribution in [0.1, 0.15) is 6.92 Å². The molecule has 1 aromatic heterocycles. The van der Waals surface area contributed by atoms with Gasteiger partial charge in [0.2, 0.25) is 0 Å². The first kappa shape index (κ1) is 10.2. The van der Waals surface area contributed by atoms with Gasteiger partial charge in [-0.2, -0.15) is 4.98 Å². The molecule has 4 N–H and O–H groups in total. The van der Waals surface area contributed by atoms with Crippen LogP contribution < -0.4 is 16.5 Å². The maximum absolute atomic E-state index is 10.7. The first-order chi connectivity index (χ1) is 6.59. The van der Waals surface area contributed by atoms with E-state index in [-0.39, 0.29) is 5.82 Å². The lowest BCUT2D eigenvalue weighted by atomic mass is 10.4. The number of aliphatic carboxylic acids is 1. The molecule has 0 aliphatic heterocycles. The standard InChI is InChI=1S/C7H10N4O3/c1-4(6(12)13)10-11-5-2-3-8-7(14)9-5/h2-4,10H,1H3,(H,12,13)(H2,8,9,11,14)/t4-/m0/s1. The Bertz CT molecular complexity index is 375. The molecule has 0 aliphatic carbocycles. The zero-order valence-electron chi connectivity index (χ0n) is 7.44. The molecule has 1 rings (SSSR count). The number of hydrogen-bond acceptors (Lipinski definition) is 5. The van der Waals surface area contributed by atoms with E-state index in [4.69, 9.17) is 5.11 Å². The number of aromatic nitrogens is 2. The second kappa shape index (κ2) is 4.38. The predicted molar refractivity (Wildman–Crippen MR) is 48.7 cm³/mol. The van der Waals surface area contributed by atoms with E-state index < -0.39 is 17.7 Å². The summed E-state index contributed by atoms with van der Waals surface area (Å²) in [7, 11) is 0. The fraction of sp³-hybridized carbons (Fsp3) is 0.286. The summed E-state index contributed by atoms with van der Waals surface area (Å²) in [6, 6.07) is 0.735. The van der Waals surface area contributed by atoms with Crippen LogP contribution in [0, 0.1) is 0 Å². The van der Waals surface area contributed by atoms with Crippen LogP contribution in [-0.4, -0.2) is 27.1 Å². The third-order valence-electron chi connectivity index (χ3n) is 1.46. The van der Waals surface area contributed by atoms with E-state index in [1.807, 2.05) is 0 Å². The molecule has 1 heterocycles. The molecule has 0 amide bonds. The Hall–Kier alpha value is -1.89. The summed E-state index contributed by atoms with van der Waals surface area (Å²) in [5.74, 6) is -0.732. The quantitative estimate of drug-likeness (QED) is 0.470. The minimum Gasteiger partial charge on any atom is -0.480 e. The number of carboxylic acids is 1. The van der Waals surface area contributed by atoms with Gasteiger partial charge in [0.1, 0.15) is 11.9 Å². The highest BCUT2D eigenvalue weighted by Gasteiger charge is 2.08. The van der Waals surface area contributed by atoms with Gasteiger partial charge in [0.05, 0.1) is 0 Å². The van der Waals surface area contributed by atoms with Gasteiger partial charge >= 0.3 is 11.7 Å². The Labute approximate surface area is 79.2 Å². The lowest BCUT2D eigenvalue weighted by Gasteiger charge is -2.09. The Balaban J connectivity index is 2.54. The van der Waals surface area contributed by atoms with Gasteiger partial charge in [0, 0.05) is 6.20 Å². The van der Waals surface area contributed by atoms with Crippen molar-refractivity contribution in [3.63, 3.8) is 0 Å². The largest absolute Gasteiger partial charge is 0.480 e. The number of anilines is 1. The first-order valence-corrected chi connectivity index (χ1v) is 3.89. The van der Waals surface area contributed by atoms with Gasteiger partial charge in [-0.05, 0) is 13.0 Å². The van der Waals surface area contributed by atoms with Gasteiger partial charge in [0.25, 0.3) is 0 Å². The summed E-state index contributed by atoms with van der Waals surface area (Å²) >= 11 is 0. The molecule has 1 atom stereocenters. The monoisotopic (exact) mass is 198 g/mol. The Morgan fingerprint density at radius 1 is 1.71 bits per heavy atom. The number of carboxylic acid groups (broad SMARTS) is 1. The van der Waals surface area contributed by atoms with Crippen molar-refractivity contribution in [1.29, 1.82) is 0 Å². The lowest BCUT2D eigenvalue weighted by molar-refractivity contribution is -0.138. The molecule has 0 fully saturated rings. The van der Waals surface area contributed by atoms with Crippen molar-refractivity contribution in [3.8, 4) is 0 Å². The summed E-state index contributed by atoms with van der Waals surface area (Å²) in [5.41, 5.74) is 4.47. The molecule has 0 bridgehead atoms. The topological polar surface area (TPSA) is 107 Å².